The second kappa shape index (κ2) is 7.77. The monoisotopic (exact) mass is 414 g/mol. The molecule has 3 heterocycles. The molecular formula is C20H26N6O4. The summed E-state index contributed by atoms with van der Waals surface area (Å²) in [6, 6.07) is 0.0317. The number of carbonyl (C=O) groups is 1. The number of hydrogen-bond donors (Lipinski definition) is 2. The van der Waals surface area contributed by atoms with E-state index in [9.17, 15) is 15.1 Å². The van der Waals surface area contributed by atoms with Gasteiger partial charge in [-0.05, 0) is 39.5 Å². The predicted octanol–water partition coefficient (Wildman–Crippen LogP) is 1.12. The fourth-order valence-electron chi connectivity index (χ4n) is 4.04. The Balaban J connectivity index is 1.67. The van der Waals surface area contributed by atoms with E-state index in [1.165, 1.54) is 32.4 Å². The van der Waals surface area contributed by atoms with Gasteiger partial charge in [0.05, 0.1) is 25.0 Å². The molecule has 0 atom stereocenters. The van der Waals surface area contributed by atoms with Gasteiger partial charge >= 0.3 is 0 Å². The normalized spacial score (nSPS) is 21.9. The van der Waals surface area contributed by atoms with Crippen LogP contribution in [0.25, 0.3) is 11.4 Å². The van der Waals surface area contributed by atoms with E-state index in [-0.39, 0.29) is 30.3 Å². The number of nitrogens with one attached hydrogen (secondary N) is 1. The molecule has 0 bridgehead atoms. The maximum atomic E-state index is 12.7. The van der Waals surface area contributed by atoms with Crippen molar-refractivity contribution in [2.45, 2.75) is 57.3 Å². The Kier molecular flexibility index (Phi) is 5.29. The van der Waals surface area contributed by atoms with E-state index in [0.29, 0.717) is 27.8 Å². The van der Waals surface area contributed by atoms with Gasteiger partial charge in [0.1, 0.15) is 11.3 Å². The molecule has 2 aromatic rings. The number of methoxy groups -OCH3 is 1. The van der Waals surface area contributed by atoms with Crippen molar-refractivity contribution in [2.24, 2.45) is 0 Å². The van der Waals surface area contributed by atoms with Gasteiger partial charge in [-0.15, -0.1) is 0 Å². The first-order chi connectivity index (χ1) is 14.3. The number of aromatic nitrogens is 4. The lowest BCUT2D eigenvalue weighted by molar-refractivity contribution is -0.622. The standard InChI is InChI=1S/C20H26N6O4/c1-20(2,28)16-9-21-15(11-25(16)29)14-8-22-18-19(24-14)26(17(27)10-23-18)12-4-6-13(30-3)7-5-12/h8-9,11-13,28H,4-7,10H2,1-3H3,(H,22,23). The zero-order valence-corrected chi connectivity index (χ0v) is 17.3. The molecule has 2 aliphatic rings. The summed E-state index contributed by atoms with van der Waals surface area (Å²) in [4.78, 5) is 27.8. The van der Waals surface area contributed by atoms with Gasteiger partial charge in [0.25, 0.3) is 0 Å². The lowest BCUT2D eigenvalue weighted by Gasteiger charge is -2.38. The van der Waals surface area contributed by atoms with E-state index in [1.54, 1.807) is 12.0 Å². The molecule has 1 amide bonds. The zero-order valence-electron chi connectivity index (χ0n) is 17.3. The zero-order chi connectivity index (χ0) is 21.5. The highest BCUT2D eigenvalue weighted by atomic mass is 16.5. The van der Waals surface area contributed by atoms with Gasteiger partial charge in [-0.3, -0.25) is 9.69 Å². The average molecular weight is 414 g/mol. The van der Waals surface area contributed by atoms with Crippen LogP contribution in [0.4, 0.5) is 11.6 Å². The molecule has 4 rings (SSSR count). The van der Waals surface area contributed by atoms with E-state index in [0.717, 1.165) is 25.7 Å². The molecule has 1 saturated carbocycles. The Bertz CT molecular complexity index is 953. The number of carbonyl (C=O) groups excluding carboxylic acids is 1. The summed E-state index contributed by atoms with van der Waals surface area (Å²) in [6.45, 7) is 3.21. The van der Waals surface area contributed by atoms with Gasteiger partial charge in [0.15, 0.2) is 17.3 Å². The first-order valence-electron chi connectivity index (χ1n) is 10.1. The van der Waals surface area contributed by atoms with Crippen molar-refractivity contribution in [3.05, 3.63) is 29.5 Å². The lowest BCUT2D eigenvalue weighted by Crippen LogP contribution is -2.49. The number of aliphatic hydroxyl groups is 1. The van der Waals surface area contributed by atoms with Gasteiger partial charge < -0.3 is 20.4 Å². The SMILES string of the molecule is COC1CCC(N2C(=O)CNc3ncc(-c4c[n+]([O-])c(C(C)(C)O)cn4)nc32)CC1. The van der Waals surface area contributed by atoms with Crippen LogP contribution in [0, 0.1) is 5.21 Å². The van der Waals surface area contributed by atoms with Crippen LogP contribution in [0.3, 0.4) is 0 Å². The van der Waals surface area contributed by atoms with Crippen molar-refractivity contribution < 1.29 is 19.4 Å². The summed E-state index contributed by atoms with van der Waals surface area (Å²) < 4.78 is 6.02. The second-order valence-electron chi connectivity index (χ2n) is 8.25. The van der Waals surface area contributed by atoms with Crippen LogP contribution >= 0.6 is 0 Å². The maximum absolute atomic E-state index is 12.7. The summed E-state index contributed by atoms with van der Waals surface area (Å²) in [5.41, 5.74) is -0.490. The summed E-state index contributed by atoms with van der Waals surface area (Å²) >= 11 is 0. The van der Waals surface area contributed by atoms with Crippen molar-refractivity contribution in [3.8, 4) is 11.4 Å². The van der Waals surface area contributed by atoms with Crippen molar-refractivity contribution in [3.63, 3.8) is 0 Å². The smallest absolute Gasteiger partial charge is 0.247 e. The molecule has 30 heavy (non-hydrogen) atoms. The quantitative estimate of drug-likeness (QED) is 0.563. The molecule has 160 valence electrons. The first-order valence-corrected chi connectivity index (χ1v) is 10.1. The molecule has 2 N–H and O–H groups in total. The molecule has 0 spiro atoms. The molecule has 1 fully saturated rings. The Morgan fingerprint density at radius 2 is 1.97 bits per heavy atom. The third kappa shape index (κ3) is 3.80. The minimum Gasteiger partial charge on any atom is -0.618 e. The lowest BCUT2D eigenvalue weighted by atomic mass is 9.91. The maximum Gasteiger partial charge on any atom is 0.247 e. The molecule has 2 aromatic heterocycles. The summed E-state index contributed by atoms with van der Waals surface area (Å²) in [5, 5.41) is 25.4. The van der Waals surface area contributed by atoms with Gasteiger partial charge in [-0.2, -0.15) is 4.73 Å². The van der Waals surface area contributed by atoms with Gasteiger partial charge in [0.2, 0.25) is 17.8 Å². The van der Waals surface area contributed by atoms with E-state index in [1.807, 2.05) is 0 Å². The fourth-order valence-corrected chi connectivity index (χ4v) is 4.04. The molecule has 0 aromatic carbocycles. The Hall–Kier alpha value is -2.85. The fraction of sp³-hybridized carbons (Fsp3) is 0.550. The number of amides is 1. The molecule has 10 heteroatoms. The minimum atomic E-state index is -1.32. The number of hydrogen-bond acceptors (Lipinski definition) is 8. The highest BCUT2D eigenvalue weighted by Gasteiger charge is 2.35. The van der Waals surface area contributed by atoms with Crippen molar-refractivity contribution in [2.75, 3.05) is 23.9 Å². The molecule has 0 saturated heterocycles. The van der Waals surface area contributed by atoms with Crippen LogP contribution in [0.5, 0.6) is 0 Å². The Morgan fingerprint density at radius 1 is 1.23 bits per heavy atom. The van der Waals surface area contributed by atoms with Crippen LogP contribution in [-0.4, -0.2) is 51.8 Å². The Labute approximate surface area is 174 Å². The van der Waals surface area contributed by atoms with E-state index < -0.39 is 5.60 Å². The third-order valence-electron chi connectivity index (χ3n) is 5.69. The number of fused-ring (bicyclic) bond motifs is 1. The van der Waals surface area contributed by atoms with Gasteiger partial charge in [0, 0.05) is 13.2 Å². The van der Waals surface area contributed by atoms with E-state index >= 15 is 0 Å². The molecule has 10 nitrogen and oxygen atoms in total. The molecule has 0 unspecified atom stereocenters. The number of ether oxygens (including phenoxy) is 1. The van der Waals surface area contributed by atoms with Gasteiger partial charge in [-0.1, -0.05) is 0 Å². The van der Waals surface area contributed by atoms with E-state index in [4.69, 9.17) is 4.74 Å². The third-order valence-corrected chi connectivity index (χ3v) is 5.69. The van der Waals surface area contributed by atoms with Crippen LogP contribution in [0.2, 0.25) is 0 Å². The van der Waals surface area contributed by atoms with Crippen LogP contribution in [0.15, 0.2) is 18.6 Å². The number of nitrogens with zero attached hydrogens (tertiary/aromatic N) is 5. The number of rotatable bonds is 4. The predicted molar refractivity (Wildman–Crippen MR) is 108 cm³/mol. The van der Waals surface area contributed by atoms with E-state index in [2.05, 4.69) is 20.3 Å². The summed E-state index contributed by atoms with van der Waals surface area (Å²) in [5.74, 6) is 0.935. The average Bonchev–Trinajstić information content (AvgIpc) is 2.72. The molecule has 0 radical (unpaired) electrons. The largest absolute Gasteiger partial charge is 0.618 e. The highest BCUT2D eigenvalue weighted by Crippen LogP contribution is 2.34. The van der Waals surface area contributed by atoms with Crippen LogP contribution < -0.4 is 14.9 Å². The van der Waals surface area contributed by atoms with Crippen molar-refractivity contribution >= 4 is 17.5 Å². The van der Waals surface area contributed by atoms with Crippen molar-refractivity contribution in [1.82, 2.24) is 15.0 Å². The second-order valence-corrected chi connectivity index (χ2v) is 8.25. The highest BCUT2D eigenvalue weighted by molar-refractivity contribution is 6.01. The topological polar surface area (TPSA) is 127 Å². The summed E-state index contributed by atoms with van der Waals surface area (Å²) in [6.07, 6.45) is 7.76. The minimum absolute atomic E-state index is 0.0317. The number of anilines is 2. The Morgan fingerprint density at radius 3 is 2.60 bits per heavy atom. The van der Waals surface area contributed by atoms with Crippen LogP contribution in [-0.2, 0) is 15.1 Å². The van der Waals surface area contributed by atoms with Gasteiger partial charge in [-0.25, -0.2) is 15.0 Å². The summed E-state index contributed by atoms with van der Waals surface area (Å²) in [7, 11) is 1.71. The first kappa shape index (κ1) is 20.4. The molecule has 1 aliphatic heterocycles. The van der Waals surface area contributed by atoms with Crippen molar-refractivity contribution in [1.29, 1.82) is 0 Å². The molecule has 1 aliphatic carbocycles. The molecular weight excluding hydrogens is 388 g/mol. The van der Waals surface area contributed by atoms with Crippen LogP contribution in [0.1, 0.15) is 45.2 Å².